The maximum absolute atomic E-state index is 12.2. The number of aryl methyl sites for hydroxylation is 1. The van der Waals surface area contributed by atoms with Crippen molar-refractivity contribution in [3.8, 4) is 6.07 Å². The molecule has 2 rings (SSSR count). The smallest absolute Gasteiger partial charge is 0.267 e. The van der Waals surface area contributed by atoms with Gasteiger partial charge in [0, 0.05) is 17.6 Å². The Bertz CT molecular complexity index is 766. The molecule has 1 amide bonds. The van der Waals surface area contributed by atoms with Gasteiger partial charge in [-0.05, 0) is 42.7 Å². The van der Waals surface area contributed by atoms with Crippen molar-refractivity contribution < 1.29 is 4.79 Å². The lowest BCUT2D eigenvalue weighted by atomic mass is 10.0. The molecule has 0 radical (unpaired) electrons. The molecule has 0 fully saturated rings. The van der Waals surface area contributed by atoms with E-state index in [-0.39, 0.29) is 5.57 Å². The largest absolute Gasteiger partial charge is 0.360 e. The van der Waals surface area contributed by atoms with Crippen LogP contribution in [0.15, 0.2) is 60.3 Å². The summed E-state index contributed by atoms with van der Waals surface area (Å²) in [5.41, 5.74) is 3.85. The fraction of sp³-hybridized carbons (Fsp3) is 0.200. The first-order chi connectivity index (χ1) is 11.5. The van der Waals surface area contributed by atoms with Crippen molar-refractivity contribution in [3.05, 3.63) is 71.4 Å². The molecule has 0 aliphatic heterocycles. The minimum absolute atomic E-state index is 0.0171. The number of nitriles is 1. The fourth-order valence-corrected chi connectivity index (χ4v) is 2.10. The molecule has 122 valence electrons. The van der Waals surface area contributed by atoms with Crippen LogP contribution >= 0.6 is 0 Å². The number of nitrogens with zero attached hydrogens (tertiary/aromatic N) is 1. The quantitative estimate of drug-likeness (QED) is 0.626. The average Bonchev–Trinajstić information content (AvgIpc) is 2.58. The van der Waals surface area contributed by atoms with Crippen molar-refractivity contribution in [1.29, 1.82) is 5.26 Å². The van der Waals surface area contributed by atoms with Crippen LogP contribution in [0.5, 0.6) is 0 Å². The van der Waals surface area contributed by atoms with Gasteiger partial charge in [0.2, 0.25) is 0 Å². The van der Waals surface area contributed by atoms with Crippen LogP contribution in [-0.4, -0.2) is 5.91 Å². The van der Waals surface area contributed by atoms with E-state index in [9.17, 15) is 10.1 Å². The Morgan fingerprint density at radius 2 is 1.62 bits per heavy atom. The zero-order chi connectivity index (χ0) is 17.5. The van der Waals surface area contributed by atoms with Gasteiger partial charge < -0.3 is 10.6 Å². The van der Waals surface area contributed by atoms with E-state index < -0.39 is 5.91 Å². The van der Waals surface area contributed by atoms with Gasteiger partial charge in [-0.2, -0.15) is 5.26 Å². The van der Waals surface area contributed by atoms with E-state index >= 15 is 0 Å². The third kappa shape index (κ3) is 4.72. The topological polar surface area (TPSA) is 64.9 Å². The maximum Gasteiger partial charge on any atom is 0.267 e. The monoisotopic (exact) mass is 319 g/mol. The molecular formula is C20H21N3O. The highest BCUT2D eigenvalue weighted by atomic mass is 16.1. The highest BCUT2D eigenvalue weighted by Crippen LogP contribution is 2.17. The summed E-state index contributed by atoms with van der Waals surface area (Å²) in [5, 5.41) is 14.9. The first kappa shape index (κ1) is 17.3. The Kier molecular flexibility index (Phi) is 5.75. The Labute approximate surface area is 142 Å². The van der Waals surface area contributed by atoms with Gasteiger partial charge >= 0.3 is 0 Å². The van der Waals surface area contributed by atoms with Gasteiger partial charge in [0.05, 0.1) is 0 Å². The number of amides is 1. The van der Waals surface area contributed by atoms with Crippen LogP contribution in [0.25, 0.3) is 0 Å². The fourth-order valence-electron chi connectivity index (χ4n) is 2.10. The van der Waals surface area contributed by atoms with E-state index in [1.165, 1.54) is 11.8 Å². The molecule has 0 saturated carbocycles. The van der Waals surface area contributed by atoms with Gasteiger partial charge in [0.1, 0.15) is 11.6 Å². The molecule has 0 aliphatic rings. The minimum Gasteiger partial charge on any atom is -0.360 e. The molecule has 0 spiro atoms. The first-order valence-corrected chi connectivity index (χ1v) is 7.84. The van der Waals surface area contributed by atoms with Crippen molar-refractivity contribution in [3.63, 3.8) is 0 Å². The van der Waals surface area contributed by atoms with E-state index in [2.05, 4.69) is 24.5 Å². The third-order valence-corrected chi connectivity index (χ3v) is 3.64. The molecule has 0 aliphatic carbocycles. The predicted molar refractivity (Wildman–Crippen MR) is 97.7 cm³/mol. The molecule has 4 nitrogen and oxygen atoms in total. The highest BCUT2D eigenvalue weighted by Gasteiger charge is 2.09. The number of hydrogen-bond acceptors (Lipinski definition) is 3. The molecule has 24 heavy (non-hydrogen) atoms. The Balaban J connectivity index is 2.04. The summed E-state index contributed by atoms with van der Waals surface area (Å²) in [6.45, 7) is 6.23. The normalized spacial score (nSPS) is 11.0. The van der Waals surface area contributed by atoms with Gasteiger partial charge in [0.25, 0.3) is 5.91 Å². The van der Waals surface area contributed by atoms with Crippen LogP contribution in [0.2, 0.25) is 0 Å². The van der Waals surface area contributed by atoms with Gasteiger partial charge in [0.15, 0.2) is 0 Å². The van der Waals surface area contributed by atoms with Crippen molar-refractivity contribution in [2.45, 2.75) is 26.7 Å². The van der Waals surface area contributed by atoms with E-state index in [4.69, 9.17) is 0 Å². The zero-order valence-electron chi connectivity index (χ0n) is 14.1. The number of anilines is 2. The van der Waals surface area contributed by atoms with Crippen LogP contribution in [0, 0.1) is 18.3 Å². The van der Waals surface area contributed by atoms with E-state index in [0.717, 1.165) is 11.3 Å². The molecule has 2 aromatic rings. The maximum atomic E-state index is 12.2. The predicted octanol–water partition coefficient (Wildman–Crippen LogP) is 4.58. The Hall–Kier alpha value is -3.06. The van der Waals surface area contributed by atoms with Crippen molar-refractivity contribution in [2.24, 2.45) is 0 Å². The van der Waals surface area contributed by atoms with Crippen LogP contribution < -0.4 is 10.6 Å². The summed E-state index contributed by atoms with van der Waals surface area (Å²) in [6, 6.07) is 17.2. The SMILES string of the molecule is Cc1ccc(NC(=O)/C(C#N)=C\Nc2ccc(C(C)C)cc2)cc1. The average molecular weight is 319 g/mol. The molecule has 2 N–H and O–H groups in total. The first-order valence-electron chi connectivity index (χ1n) is 7.84. The van der Waals surface area contributed by atoms with Gasteiger partial charge in [-0.15, -0.1) is 0 Å². The van der Waals surface area contributed by atoms with Crippen LogP contribution in [0.3, 0.4) is 0 Å². The number of nitrogens with one attached hydrogen (secondary N) is 2. The van der Waals surface area contributed by atoms with Crippen LogP contribution in [0.1, 0.15) is 30.9 Å². The lowest BCUT2D eigenvalue weighted by Gasteiger charge is -2.08. The number of hydrogen-bond donors (Lipinski definition) is 2. The van der Waals surface area contributed by atoms with Crippen LogP contribution in [-0.2, 0) is 4.79 Å². The Morgan fingerprint density at radius 3 is 2.17 bits per heavy atom. The van der Waals surface area contributed by atoms with Crippen LogP contribution in [0.4, 0.5) is 11.4 Å². The number of rotatable bonds is 5. The summed E-state index contributed by atoms with van der Waals surface area (Å²) in [7, 11) is 0. The molecule has 0 heterocycles. The van der Waals surface area contributed by atoms with E-state index in [1.54, 1.807) is 12.1 Å². The molecule has 0 atom stereocenters. The van der Waals surface area contributed by atoms with E-state index in [1.807, 2.05) is 49.4 Å². The number of benzene rings is 2. The molecular weight excluding hydrogens is 298 g/mol. The van der Waals surface area contributed by atoms with Gasteiger partial charge in [-0.3, -0.25) is 4.79 Å². The molecule has 2 aromatic carbocycles. The summed E-state index contributed by atoms with van der Waals surface area (Å²) >= 11 is 0. The number of carbonyl (C=O) groups excluding carboxylic acids is 1. The second-order valence-corrected chi connectivity index (χ2v) is 5.91. The minimum atomic E-state index is -0.437. The van der Waals surface area contributed by atoms with Gasteiger partial charge in [-0.25, -0.2) is 0 Å². The Morgan fingerprint density at radius 1 is 1.04 bits per heavy atom. The van der Waals surface area contributed by atoms with Crippen molar-refractivity contribution in [1.82, 2.24) is 0 Å². The summed E-state index contributed by atoms with van der Waals surface area (Å²) < 4.78 is 0. The second kappa shape index (κ2) is 7.98. The van der Waals surface area contributed by atoms with Crippen molar-refractivity contribution >= 4 is 17.3 Å². The van der Waals surface area contributed by atoms with Crippen molar-refractivity contribution in [2.75, 3.05) is 10.6 Å². The molecule has 0 aromatic heterocycles. The second-order valence-electron chi connectivity index (χ2n) is 5.91. The van der Waals surface area contributed by atoms with Gasteiger partial charge in [-0.1, -0.05) is 43.7 Å². The molecule has 4 heteroatoms. The molecule has 0 saturated heterocycles. The zero-order valence-corrected chi connectivity index (χ0v) is 14.1. The lowest BCUT2D eigenvalue weighted by molar-refractivity contribution is -0.112. The highest BCUT2D eigenvalue weighted by molar-refractivity contribution is 6.06. The number of carbonyl (C=O) groups is 1. The lowest BCUT2D eigenvalue weighted by Crippen LogP contribution is -2.14. The van der Waals surface area contributed by atoms with E-state index in [0.29, 0.717) is 11.6 Å². The molecule has 0 bridgehead atoms. The summed E-state index contributed by atoms with van der Waals surface area (Å²) in [5.74, 6) is 0.0252. The standard InChI is InChI=1S/C20H21N3O/c1-14(2)16-6-10-18(11-7-16)22-13-17(12-21)20(24)23-19-8-4-15(3)5-9-19/h4-11,13-14,22H,1-3H3,(H,23,24)/b17-13-. The summed E-state index contributed by atoms with van der Waals surface area (Å²) in [4.78, 5) is 12.2. The molecule has 0 unspecified atom stereocenters. The third-order valence-electron chi connectivity index (χ3n) is 3.64. The summed E-state index contributed by atoms with van der Waals surface area (Å²) in [6.07, 6.45) is 1.42.